The molecule has 21 heavy (non-hydrogen) atoms. The summed E-state index contributed by atoms with van der Waals surface area (Å²) in [4.78, 5) is 12.1. The molecule has 1 N–H and O–H groups in total. The molecule has 0 radical (unpaired) electrons. The second-order valence-corrected chi connectivity index (χ2v) is 4.42. The molecule has 5 nitrogen and oxygen atoms in total. The molecule has 0 aromatic heterocycles. The Morgan fingerprint density at radius 3 is 2.71 bits per heavy atom. The zero-order valence-corrected chi connectivity index (χ0v) is 12.0. The van der Waals surface area contributed by atoms with Gasteiger partial charge >= 0.3 is 5.97 Å². The van der Waals surface area contributed by atoms with Gasteiger partial charge in [0, 0.05) is 12.7 Å². The van der Waals surface area contributed by atoms with E-state index in [1.165, 1.54) is 7.11 Å². The molecule has 0 bridgehead atoms. The van der Waals surface area contributed by atoms with Crippen LogP contribution in [-0.2, 0) is 19.0 Å². The number of carbonyl (C=O) groups is 1. The fourth-order valence-corrected chi connectivity index (χ4v) is 2.18. The number of phenols is 1. The van der Waals surface area contributed by atoms with E-state index in [2.05, 4.69) is 0 Å². The highest BCUT2D eigenvalue weighted by Crippen LogP contribution is 2.34. The molecule has 2 aromatic carbocycles. The standard InChI is InChI=1S/C16H18O5/c1-3-20-16(18)15(21-10-19-2)14-12-7-5-4-6-11(12)8-9-13(14)17/h4-9,15,17H,3,10H2,1-2H3. The molecule has 1 unspecified atom stereocenters. The number of methoxy groups -OCH3 is 1. The van der Waals surface area contributed by atoms with Crippen LogP contribution in [0, 0.1) is 0 Å². The van der Waals surface area contributed by atoms with Gasteiger partial charge < -0.3 is 19.3 Å². The van der Waals surface area contributed by atoms with E-state index in [1.54, 1.807) is 19.1 Å². The minimum atomic E-state index is -1.03. The van der Waals surface area contributed by atoms with Gasteiger partial charge in [-0.15, -0.1) is 0 Å². The highest BCUT2D eigenvalue weighted by Gasteiger charge is 2.27. The Balaban J connectivity index is 2.52. The van der Waals surface area contributed by atoms with Crippen LogP contribution >= 0.6 is 0 Å². The van der Waals surface area contributed by atoms with E-state index < -0.39 is 12.1 Å². The second-order valence-electron chi connectivity index (χ2n) is 4.42. The highest BCUT2D eigenvalue weighted by atomic mass is 16.7. The zero-order valence-electron chi connectivity index (χ0n) is 12.0. The first-order valence-corrected chi connectivity index (χ1v) is 6.66. The largest absolute Gasteiger partial charge is 0.508 e. The van der Waals surface area contributed by atoms with Crippen LogP contribution in [-0.4, -0.2) is 31.6 Å². The van der Waals surface area contributed by atoms with Gasteiger partial charge in [0.05, 0.1) is 6.61 Å². The maximum absolute atomic E-state index is 12.1. The van der Waals surface area contributed by atoms with Crippen molar-refractivity contribution in [1.29, 1.82) is 0 Å². The fourth-order valence-electron chi connectivity index (χ4n) is 2.18. The summed E-state index contributed by atoms with van der Waals surface area (Å²) < 4.78 is 15.3. The maximum atomic E-state index is 12.1. The minimum absolute atomic E-state index is 0.0112. The molecule has 1 atom stereocenters. The molecule has 0 fully saturated rings. The number of benzene rings is 2. The number of carbonyl (C=O) groups excluding carboxylic acids is 1. The highest BCUT2D eigenvalue weighted by molar-refractivity contribution is 5.92. The van der Waals surface area contributed by atoms with Crippen LogP contribution in [0.4, 0.5) is 0 Å². The van der Waals surface area contributed by atoms with Crippen LogP contribution in [0.1, 0.15) is 18.6 Å². The van der Waals surface area contributed by atoms with E-state index in [9.17, 15) is 9.90 Å². The third-order valence-corrected chi connectivity index (χ3v) is 3.06. The second kappa shape index (κ2) is 7.06. The summed E-state index contributed by atoms with van der Waals surface area (Å²) in [7, 11) is 1.46. The number of aromatic hydroxyl groups is 1. The van der Waals surface area contributed by atoms with Crippen molar-refractivity contribution in [3.63, 3.8) is 0 Å². The van der Waals surface area contributed by atoms with Gasteiger partial charge in [0.2, 0.25) is 0 Å². The van der Waals surface area contributed by atoms with Crippen LogP contribution in [0.3, 0.4) is 0 Å². The molecule has 0 aliphatic rings. The predicted molar refractivity (Wildman–Crippen MR) is 77.9 cm³/mol. The van der Waals surface area contributed by atoms with Crippen molar-refractivity contribution >= 4 is 16.7 Å². The number of rotatable bonds is 6. The number of hydrogen-bond donors (Lipinski definition) is 1. The quantitative estimate of drug-likeness (QED) is 0.654. The van der Waals surface area contributed by atoms with Crippen molar-refractivity contribution in [2.75, 3.05) is 20.5 Å². The lowest BCUT2D eigenvalue weighted by Crippen LogP contribution is -2.20. The van der Waals surface area contributed by atoms with E-state index in [-0.39, 0.29) is 19.1 Å². The summed E-state index contributed by atoms with van der Waals surface area (Å²) in [5.41, 5.74) is 0.392. The van der Waals surface area contributed by atoms with E-state index in [1.807, 2.05) is 24.3 Å². The molecule has 2 rings (SSSR count). The van der Waals surface area contributed by atoms with Crippen molar-refractivity contribution in [3.8, 4) is 5.75 Å². The molecule has 112 valence electrons. The Morgan fingerprint density at radius 2 is 2.00 bits per heavy atom. The first kappa shape index (κ1) is 15.3. The Labute approximate surface area is 123 Å². The number of phenolic OH excluding ortho intramolecular Hbond substituents is 1. The number of ether oxygens (including phenoxy) is 3. The van der Waals surface area contributed by atoms with Crippen molar-refractivity contribution < 1.29 is 24.1 Å². The Hall–Kier alpha value is -2.11. The van der Waals surface area contributed by atoms with E-state index in [4.69, 9.17) is 14.2 Å². The van der Waals surface area contributed by atoms with E-state index in [0.29, 0.717) is 5.56 Å². The first-order valence-electron chi connectivity index (χ1n) is 6.66. The van der Waals surface area contributed by atoms with Gasteiger partial charge in [-0.25, -0.2) is 4.79 Å². The van der Waals surface area contributed by atoms with Crippen LogP contribution in [0.2, 0.25) is 0 Å². The van der Waals surface area contributed by atoms with Crippen LogP contribution in [0.25, 0.3) is 10.8 Å². The van der Waals surface area contributed by atoms with Crippen LogP contribution in [0.15, 0.2) is 36.4 Å². The van der Waals surface area contributed by atoms with Crippen LogP contribution in [0.5, 0.6) is 5.75 Å². The van der Waals surface area contributed by atoms with E-state index >= 15 is 0 Å². The maximum Gasteiger partial charge on any atom is 0.340 e. The van der Waals surface area contributed by atoms with Crippen molar-refractivity contribution in [1.82, 2.24) is 0 Å². The van der Waals surface area contributed by atoms with Gasteiger partial charge in [0.15, 0.2) is 6.10 Å². The first-order chi connectivity index (χ1) is 10.2. The average molecular weight is 290 g/mol. The monoisotopic (exact) mass is 290 g/mol. The zero-order chi connectivity index (χ0) is 15.2. The van der Waals surface area contributed by atoms with Crippen molar-refractivity contribution in [3.05, 3.63) is 42.0 Å². The van der Waals surface area contributed by atoms with Crippen molar-refractivity contribution in [2.24, 2.45) is 0 Å². The molecular weight excluding hydrogens is 272 g/mol. The predicted octanol–water partition coefficient (Wildman–Crippen LogP) is 2.77. The Morgan fingerprint density at radius 1 is 1.24 bits per heavy atom. The molecule has 0 saturated heterocycles. The SMILES string of the molecule is CCOC(=O)C(OCOC)c1c(O)ccc2ccccc12. The summed E-state index contributed by atoms with van der Waals surface area (Å²) >= 11 is 0. The number of hydrogen-bond acceptors (Lipinski definition) is 5. The molecule has 5 heteroatoms. The molecule has 2 aromatic rings. The normalized spacial score (nSPS) is 12.3. The summed E-state index contributed by atoms with van der Waals surface area (Å²) in [5, 5.41) is 11.8. The number of esters is 1. The van der Waals surface area contributed by atoms with Gasteiger partial charge in [-0.3, -0.25) is 0 Å². The fraction of sp³-hybridized carbons (Fsp3) is 0.312. The Kier molecular flexibility index (Phi) is 5.14. The third kappa shape index (κ3) is 3.32. The lowest BCUT2D eigenvalue weighted by molar-refractivity contribution is -0.165. The third-order valence-electron chi connectivity index (χ3n) is 3.06. The van der Waals surface area contributed by atoms with Gasteiger partial charge in [-0.05, 0) is 23.8 Å². The molecule has 0 aliphatic heterocycles. The minimum Gasteiger partial charge on any atom is -0.508 e. The van der Waals surface area contributed by atoms with E-state index in [0.717, 1.165) is 10.8 Å². The molecule has 0 spiro atoms. The summed E-state index contributed by atoms with van der Waals surface area (Å²) in [6, 6.07) is 10.8. The topological polar surface area (TPSA) is 65.0 Å². The molecule has 0 heterocycles. The lowest BCUT2D eigenvalue weighted by atomic mass is 9.99. The van der Waals surface area contributed by atoms with Gasteiger partial charge in [0.1, 0.15) is 12.5 Å². The van der Waals surface area contributed by atoms with Crippen LogP contribution < -0.4 is 0 Å². The average Bonchev–Trinajstić information content (AvgIpc) is 2.49. The summed E-state index contributed by atoms with van der Waals surface area (Å²) in [6.07, 6.45) is -1.03. The molecule has 0 amide bonds. The molecule has 0 saturated carbocycles. The smallest absolute Gasteiger partial charge is 0.340 e. The number of fused-ring (bicyclic) bond motifs is 1. The lowest BCUT2D eigenvalue weighted by Gasteiger charge is -2.19. The molecular formula is C16H18O5. The van der Waals surface area contributed by atoms with Gasteiger partial charge in [0.25, 0.3) is 0 Å². The molecule has 0 aliphatic carbocycles. The Bertz CT molecular complexity index is 623. The van der Waals surface area contributed by atoms with Gasteiger partial charge in [-0.1, -0.05) is 30.3 Å². The van der Waals surface area contributed by atoms with Gasteiger partial charge in [-0.2, -0.15) is 0 Å². The summed E-state index contributed by atoms with van der Waals surface area (Å²) in [6.45, 7) is 1.87. The summed E-state index contributed by atoms with van der Waals surface area (Å²) in [5.74, 6) is -0.566. The van der Waals surface area contributed by atoms with Crippen molar-refractivity contribution in [2.45, 2.75) is 13.0 Å².